The monoisotopic (exact) mass is 359 g/mol. The van der Waals surface area contributed by atoms with Gasteiger partial charge in [0, 0.05) is 25.8 Å². The Morgan fingerprint density at radius 2 is 2.16 bits per heavy atom. The van der Waals surface area contributed by atoms with Gasteiger partial charge in [-0.05, 0) is 23.6 Å². The van der Waals surface area contributed by atoms with Crippen molar-refractivity contribution in [3.05, 3.63) is 47.1 Å². The molecule has 3 heterocycles. The van der Waals surface area contributed by atoms with Crippen LogP contribution in [0.3, 0.4) is 0 Å². The van der Waals surface area contributed by atoms with Crippen LogP contribution in [0.2, 0.25) is 0 Å². The molecule has 0 aromatic carbocycles. The van der Waals surface area contributed by atoms with E-state index in [2.05, 4.69) is 10.1 Å². The average Bonchev–Trinajstić information content (AvgIpc) is 3.32. The molecule has 7 heteroatoms. The van der Waals surface area contributed by atoms with Crippen molar-refractivity contribution in [2.24, 2.45) is 0 Å². The Labute approximate surface area is 150 Å². The Balaban J connectivity index is 1.51. The number of hydrogen-bond donors (Lipinski definition) is 0. The highest BCUT2D eigenvalue weighted by atomic mass is 32.1. The summed E-state index contributed by atoms with van der Waals surface area (Å²) in [6.07, 6.45) is 0.945. The Hall–Kier alpha value is -2.41. The lowest BCUT2D eigenvalue weighted by Gasteiger charge is -2.14. The summed E-state index contributed by atoms with van der Waals surface area (Å²) in [5.41, 5.74) is 0. The lowest BCUT2D eigenvalue weighted by molar-refractivity contribution is -0.130. The summed E-state index contributed by atoms with van der Waals surface area (Å²) in [5, 5.41) is 5.93. The van der Waals surface area contributed by atoms with E-state index in [-0.39, 0.29) is 11.8 Å². The predicted molar refractivity (Wildman–Crippen MR) is 95.2 cm³/mol. The van der Waals surface area contributed by atoms with Crippen LogP contribution in [0, 0.1) is 0 Å². The molecule has 0 fully saturated rings. The van der Waals surface area contributed by atoms with Crippen LogP contribution in [0.25, 0.3) is 10.6 Å². The third-order valence-electron chi connectivity index (χ3n) is 3.79. The average molecular weight is 359 g/mol. The molecular formula is C18H21N3O3S. The van der Waals surface area contributed by atoms with Gasteiger partial charge in [-0.25, -0.2) is 0 Å². The Morgan fingerprint density at radius 3 is 2.84 bits per heavy atom. The minimum atomic E-state index is 0.0185. The van der Waals surface area contributed by atoms with Crippen LogP contribution in [0.4, 0.5) is 0 Å². The first-order valence-corrected chi connectivity index (χ1v) is 9.10. The summed E-state index contributed by atoms with van der Waals surface area (Å²) < 4.78 is 11.0. The van der Waals surface area contributed by atoms with Crippen LogP contribution < -0.4 is 0 Å². The van der Waals surface area contributed by atoms with Crippen LogP contribution in [-0.4, -0.2) is 28.0 Å². The van der Waals surface area contributed by atoms with E-state index in [0.29, 0.717) is 31.1 Å². The Morgan fingerprint density at radius 1 is 1.32 bits per heavy atom. The number of carbonyl (C=O) groups excluding carboxylic acids is 1. The topological polar surface area (TPSA) is 72.4 Å². The largest absolute Gasteiger partial charge is 0.460 e. The van der Waals surface area contributed by atoms with Crippen LogP contribution >= 0.6 is 11.3 Å². The van der Waals surface area contributed by atoms with Crippen molar-refractivity contribution < 1.29 is 13.7 Å². The molecule has 3 rings (SSSR count). The standard InChI is InChI=1S/C18H21N3O3S/c1-12(2)18-19-16(20-24-18)11-21(3)17(22)9-7-13-6-8-14(23-13)15-5-4-10-25-15/h4-6,8,10,12H,7,9,11H2,1-3H3. The lowest BCUT2D eigenvalue weighted by atomic mass is 10.2. The minimum absolute atomic E-state index is 0.0185. The molecular weight excluding hydrogens is 338 g/mol. The van der Waals surface area contributed by atoms with Crippen molar-refractivity contribution in [1.82, 2.24) is 15.0 Å². The van der Waals surface area contributed by atoms with Crippen LogP contribution in [0.1, 0.15) is 43.7 Å². The molecule has 6 nitrogen and oxygen atoms in total. The Kier molecular flexibility index (Phi) is 5.33. The molecule has 0 saturated carbocycles. The van der Waals surface area contributed by atoms with Gasteiger partial charge in [0.25, 0.3) is 0 Å². The number of amides is 1. The van der Waals surface area contributed by atoms with Crippen molar-refractivity contribution in [3.63, 3.8) is 0 Å². The summed E-state index contributed by atoms with van der Waals surface area (Å²) in [6, 6.07) is 7.88. The molecule has 0 saturated heterocycles. The predicted octanol–water partition coefficient (Wildman–Crippen LogP) is 4.11. The van der Waals surface area contributed by atoms with Gasteiger partial charge < -0.3 is 13.8 Å². The van der Waals surface area contributed by atoms with E-state index < -0.39 is 0 Å². The van der Waals surface area contributed by atoms with E-state index in [0.717, 1.165) is 16.4 Å². The summed E-state index contributed by atoms with van der Waals surface area (Å²) in [5.74, 6) is 2.97. The number of nitrogens with zero attached hydrogens (tertiary/aromatic N) is 3. The van der Waals surface area contributed by atoms with Crippen LogP contribution in [0.15, 0.2) is 38.6 Å². The van der Waals surface area contributed by atoms with Gasteiger partial charge >= 0.3 is 0 Å². The number of aromatic nitrogens is 2. The van der Waals surface area contributed by atoms with Gasteiger partial charge in [-0.2, -0.15) is 4.98 Å². The molecule has 0 atom stereocenters. The first-order valence-electron chi connectivity index (χ1n) is 8.22. The number of aryl methyl sites for hydroxylation is 1. The van der Waals surface area contributed by atoms with E-state index in [9.17, 15) is 4.79 Å². The highest BCUT2D eigenvalue weighted by Crippen LogP contribution is 2.27. The number of carbonyl (C=O) groups is 1. The molecule has 3 aromatic heterocycles. The minimum Gasteiger partial charge on any atom is -0.460 e. The highest BCUT2D eigenvalue weighted by Gasteiger charge is 2.16. The molecule has 0 aliphatic carbocycles. The van der Waals surface area contributed by atoms with Crippen molar-refractivity contribution in [3.8, 4) is 10.6 Å². The van der Waals surface area contributed by atoms with Gasteiger partial charge in [0.05, 0.1) is 11.4 Å². The third-order valence-corrected chi connectivity index (χ3v) is 4.68. The highest BCUT2D eigenvalue weighted by molar-refractivity contribution is 7.13. The molecule has 0 N–H and O–H groups in total. The van der Waals surface area contributed by atoms with E-state index in [1.54, 1.807) is 23.3 Å². The molecule has 1 amide bonds. The smallest absolute Gasteiger partial charge is 0.229 e. The summed E-state index contributed by atoms with van der Waals surface area (Å²) in [6.45, 7) is 4.31. The normalized spacial score (nSPS) is 11.2. The maximum Gasteiger partial charge on any atom is 0.229 e. The van der Waals surface area contributed by atoms with E-state index in [1.807, 2.05) is 43.5 Å². The fraction of sp³-hybridized carbons (Fsp3) is 0.389. The van der Waals surface area contributed by atoms with Crippen molar-refractivity contribution in [2.75, 3.05) is 7.05 Å². The Bertz CT molecular complexity index is 820. The fourth-order valence-electron chi connectivity index (χ4n) is 2.35. The first-order chi connectivity index (χ1) is 12.0. The van der Waals surface area contributed by atoms with Gasteiger partial charge in [0.1, 0.15) is 11.5 Å². The molecule has 0 spiro atoms. The maximum atomic E-state index is 12.3. The SMILES string of the molecule is CC(C)c1nc(CN(C)C(=O)CCc2ccc(-c3cccs3)o2)no1. The van der Waals surface area contributed by atoms with Crippen molar-refractivity contribution in [1.29, 1.82) is 0 Å². The summed E-state index contributed by atoms with van der Waals surface area (Å²) in [4.78, 5) is 19.3. The fourth-order valence-corrected chi connectivity index (χ4v) is 3.04. The van der Waals surface area contributed by atoms with E-state index in [1.165, 1.54) is 0 Å². The zero-order chi connectivity index (χ0) is 17.8. The zero-order valence-electron chi connectivity index (χ0n) is 14.6. The second kappa shape index (κ2) is 7.65. The first kappa shape index (κ1) is 17.4. The third kappa shape index (κ3) is 4.36. The molecule has 0 aliphatic rings. The molecule has 0 radical (unpaired) electrons. The zero-order valence-corrected chi connectivity index (χ0v) is 15.4. The molecule has 25 heavy (non-hydrogen) atoms. The second-order valence-electron chi connectivity index (χ2n) is 6.20. The maximum absolute atomic E-state index is 12.3. The van der Waals surface area contributed by atoms with Gasteiger partial charge in [-0.3, -0.25) is 4.79 Å². The number of rotatable bonds is 7. The molecule has 132 valence electrons. The van der Waals surface area contributed by atoms with Crippen molar-refractivity contribution >= 4 is 17.2 Å². The van der Waals surface area contributed by atoms with Gasteiger partial charge in [0.2, 0.25) is 11.8 Å². The number of thiophene rings is 1. The lowest BCUT2D eigenvalue weighted by Crippen LogP contribution is -2.26. The molecule has 0 aliphatic heterocycles. The van der Waals surface area contributed by atoms with E-state index in [4.69, 9.17) is 8.94 Å². The number of hydrogen-bond acceptors (Lipinski definition) is 6. The number of furan rings is 1. The quantitative estimate of drug-likeness (QED) is 0.635. The van der Waals surface area contributed by atoms with Gasteiger partial charge in [0.15, 0.2) is 5.82 Å². The van der Waals surface area contributed by atoms with Gasteiger partial charge in [-0.15, -0.1) is 11.3 Å². The molecule has 0 bridgehead atoms. The summed E-state index contributed by atoms with van der Waals surface area (Å²) in [7, 11) is 1.74. The molecule has 0 unspecified atom stereocenters. The van der Waals surface area contributed by atoms with Crippen LogP contribution in [0.5, 0.6) is 0 Å². The van der Waals surface area contributed by atoms with Crippen molar-refractivity contribution in [2.45, 2.75) is 39.2 Å². The second-order valence-corrected chi connectivity index (χ2v) is 7.14. The van der Waals surface area contributed by atoms with Gasteiger partial charge in [-0.1, -0.05) is 25.1 Å². The molecule has 3 aromatic rings. The van der Waals surface area contributed by atoms with Crippen LogP contribution in [-0.2, 0) is 17.8 Å². The summed E-state index contributed by atoms with van der Waals surface area (Å²) >= 11 is 1.63. The van der Waals surface area contributed by atoms with E-state index >= 15 is 0 Å².